The minimum Gasteiger partial charge on any atom is -0.383 e. The van der Waals surface area contributed by atoms with Crippen LogP contribution in [0.4, 0.5) is 0 Å². The first-order valence-corrected chi connectivity index (χ1v) is 6.49. The number of rotatable bonds is 9. The van der Waals surface area contributed by atoms with Gasteiger partial charge in [0.2, 0.25) is 5.91 Å². The predicted molar refractivity (Wildman–Crippen MR) is 70.7 cm³/mol. The first-order valence-electron chi connectivity index (χ1n) is 6.49. The van der Waals surface area contributed by atoms with Gasteiger partial charge in [-0.1, -0.05) is 13.8 Å². The van der Waals surface area contributed by atoms with Crippen LogP contribution in [0.25, 0.3) is 0 Å². The summed E-state index contributed by atoms with van der Waals surface area (Å²) in [4.78, 5) is 11.7. The third kappa shape index (κ3) is 8.16. The minimum absolute atomic E-state index is 0.0829. The van der Waals surface area contributed by atoms with Crippen molar-refractivity contribution in [3.05, 3.63) is 0 Å². The van der Waals surface area contributed by atoms with E-state index in [-0.39, 0.29) is 11.9 Å². The van der Waals surface area contributed by atoms with Gasteiger partial charge in [0.15, 0.2) is 0 Å². The molecule has 0 rings (SSSR count). The normalized spacial score (nSPS) is 14.7. The van der Waals surface area contributed by atoms with Gasteiger partial charge in [-0.25, -0.2) is 0 Å². The molecule has 17 heavy (non-hydrogen) atoms. The van der Waals surface area contributed by atoms with E-state index in [1.165, 1.54) is 0 Å². The van der Waals surface area contributed by atoms with E-state index in [4.69, 9.17) is 10.5 Å². The molecule has 0 heterocycles. The number of carbonyl (C=O) groups is 1. The monoisotopic (exact) mass is 244 g/mol. The van der Waals surface area contributed by atoms with Gasteiger partial charge in [0.25, 0.3) is 0 Å². The molecule has 0 bridgehead atoms. The summed E-state index contributed by atoms with van der Waals surface area (Å²) >= 11 is 0. The number of ether oxygens (including phenoxy) is 1. The highest BCUT2D eigenvalue weighted by Crippen LogP contribution is 2.20. The number of methoxy groups -OCH3 is 1. The van der Waals surface area contributed by atoms with Crippen molar-refractivity contribution in [2.75, 3.05) is 20.3 Å². The Labute approximate surface area is 105 Å². The number of amides is 1. The Morgan fingerprint density at radius 1 is 1.29 bits per heavy atom. The van der Waals surface area contributed by atoms with Gasteiger partial charge in [0.05, 0.1) is 6.61 Å². The van der Waals surface area contributed by atoms with Gasteiger partial charge < -0.3 is 15.8 Å². The lowest BCUT2D eigenvalue weighted by Crippen LogP contribution is -2.35. The molecule has 0 aromatic heterocycles. The lowest BCUT2D eigenvalue weighted by atomic mass is 9.88. The summed E-state index contributed by atoms with van der Waals surface area (Å²) in [6, 6.07) is 0.0829. The Balaban J connectivity index is 3.87. The van der Waals surface area contributed by atoms with Crippen molar-refractivity contribution in [3.63, 3.8) is 0 Å². The van der Waals surface area contributed by atoms with Gasteiger partial charge in [0, 0.05) is 19.6 Å². The van der Waals surface area contributed by atoms with Crippen molar-refractivity contribution in [2.45, 2.75) is 46.1 Å². The Kier molecular flexibility index (Phi) is 9.09. The molecule has 1 amide bonds. The van der Waals surface area contributed by atoms with Crippen molar-refractivity contribution in [1.82, 2.24) is 5.32 Å². The van der Waals surface area contributed by atoms with Gasteiger partial charge in [-0.2, -0.15) is 0 Å². The van der Waals surface area contributed by atoms with Crippen molar-refractivity contribution < 1.29 is 9.53 Å². The largest absolute Gasteiger partial charge is 0.383 e. The molecule has 0 aromatic rings. The summed E-state index contributed by atoms with van der Waals surface area (Å²) < 4.78 is 4.98. The molecule has 4 nitrogen and oxygen atoms in total. The molecular weight excluding hydrogens is 216 g/mol. The Morgan fingerprint density at radius 3 is 2.41 bits per heavy atom. The molecule has 0 fully saturated rings. The number of nitrogens with one attached hydrogen (secondary N) is 1. The van der Waals surface area contributed by atoms with Crippen molar-refractivity contribution in [2.24, 2.45) is 17.6 Å². The maximum atomic E-state index is 11.7. The predicted octanol–water partition coefficient (Wildman–Crippen LogP) is 1.54. The summed E-state index contributed by atoms with van der Waals surface area (Å²) in [7, 11) is 1.64. The van der Waals surface area contributed by atoms with E-state index in [1.807, 2.05) is 6.92 Å². The summed E-state index contributed by atoms with van der Waals surface area (Å²) in [5.41, 5.74) is 5.58. The van der Waals surface area contributed by atoms with Crippen LogP contribution in [0.2, 0.25) is 0 Å². The molecule has 0 aliphatic rings. The van der Waals surface area contributed by atoms with Crippen LogP contribution in [0.15, 0.2) is 0 Å². The molecule has 102 valence electrons. The summed E-state index contributed by atoms with van der Waals surface area (Å²) in [5.74, 6) is 1.24. The zero-order chi connectivity index (χ0) is 13.3. The maximum Gasteiger partial charge on any atom is 0.220 e. The molecule has 0 saturated heterocycles. The second kappa shape index (κ2) is 9.42. The Morgan fingerprint density at radius 2 is 1.94 bits per heavy atom. The van der Waals surface area contributed by atoms with Gasteiger partial charge in [0.1, 0.15) is 0 Å². The maximum absolute atomic E-state index is 11.7. The molecule has 0 saturated carbocycles. The minimum atomic E-state index is 0.0829. The third-order valence-electron chi connectivity index (χ3n) is 3.05. The Hall–Kier alpha value is -0.610. The van der Waals surface area contributed by atoms with Gasteiger partial charge in [-0.05, 0) is 38.1 Å². The quantitative estimate of drug-likeness (QED) is 0.646. The molecule has 2 unspecified atom stereocenters. The molecule has 0 radical (unpaired) electrons. The van der Waals surface area contributed by atoms with E-state index in [0.717, 1.165) is 12.8 Å². The summed E-state index contributed by atoms with van der Waals surface area (Å²) in [6.07, 6.45) is 2.50. The smallest absolute Gasteiger partial charge is 0.220 e. The number of hydrogen-bond acceptors (Lipinski definition) is 3. The number of carbonyl (C=O) groups excluding carboxylic acids is 1. The van der Waals surface area contributed by atoms with Crippen LogP contribution in [0.3, 0.4) is 0 Å². The first kappa shape index (κ1) is 16.4. The molecular formula is C13H28N2O2. The second-order valence-corrected chi connectivity index (χ2v) is 5.04. The second-order valence-electron chi connectivity index (χ2n) is 5.04. The van der Waals surface area contributed by atoms with E-state index >= 15 is 0 Å². The van der Waals surface area contributed by atoms with Crippen LogP contribution in [0.1, 0.15) is 40.0 Å². The topological polar surface area (TPSA) is 64.3 Å². The number of nitrogens with two attached hydrogens (primary N) is 1. The van der Waals surface area contributed by atoms with Crippen LogP contribution in [0.5, 0.6) is 0 Å². The van der Waals surface area contributed by atoms with Crippen molar-refractivity contribution in [3.8, 4) is 0 Å². The average molecular weight is 244 g/mol. The van der Waals surface area contributed by atoms with Crippen LogP contribution in [-0.4, -0.2) is 32.2 Å². The first-order chi connectivity index (χ1) is 8.01. The van der Waals surface area contributed by atoms with Crippen LogP contribution in [-0.2, 0) is 9.53 Å². The van der Waals surface area contributed by atoms with E-state index in [1.54, 1.807) is 7.11 Å². The lowest BCUT2D eigenvalue weighted by molar-refractivity contribution is -0.122. The van der Waals surface area contributed by atoms with Crippen molar-refractivity contribution >= 4 is 5.91 Å². The van der Waals surface area contributed by atoms with Crippen LogP contribution < -0.4 is 11.1 Å². The highest BCUT2D eigenvalue weighted by Gasteiger charge is 2.15. The SMILES string of the molecule is COCC(C)NC(=O)CCC(CCN)C(C)C. The third-order valence-corrected chi connectivity index (χ3v) is 3.05. The molecule has 2 atom stereocenters. The average Bonchev–Trinajstić information content (AvgIpc) is 2.23. The zero-order valence-electron chi connectivity index (χ0n) is 11.7. The fraction of sp³-hybridized carbons (Fsp3) is 0.923. The van der Waals surface area contributed by atoms with E-state index in [9.17, 15) is 4.79 Å². The molecule has 4 heteroatoms. The highest BCUT2D eigenvalue weighted by molar-refractivity contribution is 5.76. The van der Waals surface area contributed by atoms with Crippen LogP contribution in [0, 0.1) is 11.8 Å². The molecule has 0 aliphatic carbocycles. The summed E-state index contributed by atoms with van der Waals surface area (Å²) in [6.45, 7) is 7.57. The zero-order valence-corrected chi connectivity index (χ0v) is 11.7. The Bertz CT molecular complexity index is 208. The highest BCUT2D eigenvalue weighted by atomic mass is 16.5. The van der Waals surface area contributed by atoms with E-state index in [2.05, 4.69) is 19.2 Å². The van der Waals surface area contributed by atoms with Gasteiger partial charge >= 0.3 is 0 Å². The summed E-state index contributed by atoms with van der Waals surface area (Å²) in [5, 5.41) is 2.92. The van der Waals surface area contributed by atoms with Gasteiger partial charge in [-0.15, -0.1) is 0 Å². The van der Waals surface area contributed by atoms with Gasteiger partial charge in [-0.3, -0.25) is 4.79 Å². The lowest BCUT2D eigenvalue weighted by Gasteiger charge is -2.20. The molecule has 0 aliphatic heterocycles. The van der Waals surface area contributed by atoms with E-state index in [0.29, 0.717) is 31.4 Å². The fourth-order valence-electron chi connectivity index (χ4n) is 1.98. The fourth-order valence-corrected chi connectivity index (χ4v) is 1.98. The molecule has 0 aromatic carbocycles. The number of hydrogen-bond donors (Lipinski definition) is 2. The van der Waals surface area contributed by atoms with Crippen LogP contribution >= 0.6 is 0 Å². The van der Waals surface area contributed by atoms with Crippen molar-refractivity contribution in [1.29, 1.82) is 0 Å². The molecule has 0 spiro atoms. The molecule has 3 N–H and O–H groups in total. The van der Waals surface area contributed by atoms with E-state index < -0.39 is 0 Å². The standard InChI is InChI=1S/C13H28N2O2/c1-10(2)12(7-8-14)5-6-13(16)15-11(3)9-17-4/h10-12H,5-9,14H2,1-4H3,(H,15,16).